The van der Waals surface area contributed by atoms with Gasteiger partial charge >= 0.3 is 0 Å². The predicted molar refractivity (Wildman–Crippen MR) is 86.5 cm³/mol. The molecule has 1 atom stereocenters. The van der Waals surface area contributed by atoms with E-state index in [2.05, 4.69) is 10.4 Å². The summed E-state index contributed by atoms with van der Waals surface area (Å²) in [4.78, 5) is 12.0. The minimum atomic E-state index is -0.299. The summed E-state index contributed by atoms with van der Waals surface area (Å²) in [6.45, 7) is 4.02. The minimum absolute atomic E-state index is 0. The molecule has 0 aliphatic carbocycles. The molecule has 1 aromatic heterocycles. The molecular weight excluding hydrogens is 288 g/mol. The molecule has 114 valence electrons. The van der Waals surface area contributed by atoms with Gasteiger partial charge in [-0.3, -0.25) is 4.79 Å². The molecule has 0 radical (unpaired) electrons. The molecule has 1 heterocycles. The lowest BCUT2D eigenvalue weighted by Gasteiger charge is -2.14. The molecular formula is C15H21ClN4O. The third-order valence-corrected chi connectivity index (χ3v) is 3.06. The van der Waals surface area contributed by atoms with Crippen molar-refractivity contribution in [2.45, 2.75) is 32.4 Å². The quantitative estimate of drug-likeness (QED) is 0.892. The molecule has 2 rings (SSSR count). The Morgan fingerprint density at radius 1 is 1.29 bits per heavy atom. The van der Waals surface area contributed by atoms with Gasteiger partial charge in [0, 0.05) is 24.6 Å². The number of hydrogen-bond acceptors (Lipinski definition) is 3. The number of carbonyl (C=O) groups is 1. The standard InChI is InChI=1S/C15H20N4O.ClH/c1-11(2)19-14(8-9-17-19)18-15(20)10-13(16)12-6-4-3-5-7-12;/h3-9,11,13H,10,16H2,1-2H3,(H,18,20);1H. The monoisotopic (exact) mass is 308 g/mol. The van der Waals surface area contributed by atoms with Gasteiger partial charge in [0.2, 0.25) is 5.91 Å². The average molecular weight is 309 g/mol. The summed E-state index contributed by atoms with van der Waals surface area (Å²) in [7, 11) is 0. The number of carbonyl (C=O) groups excluding carboxylic acids is 1. The van der Waals surface area contributed by atoms with Gasteiger partial charge in [-0.05, 0) is 19.4 Å². The molecule has 1 amide bonds. The van der Waals surface area contributed by atoms with E-state index in [4.69, 9.17) is 5.73 Å². The van der Waals surface area contributed by atoms with Crippen LogP contribution < -0.4 is 11.1 Å². The Morgan fingerprint density at radius 2 is 1.95 bits per heavy atom. The summed E-state index contributed by atoms with van der Waals surface area (Å²) in [6.07, 6.45) is 1.92. The van der Waals surface area contributed by atoms with E-state index in [0.29, 0.717) is 5.82 Å². The maximum atomic E-state index is 12.0. The minimum Gasteiger partial charge on any atom is -0.324 e. The van der Waals surface area contributed by atoms with E-state index in [1.165, 1.54) is 0 Å². The highest BCUT2D eigenvalue weighted by molar-refractivity contribution is 5.90. The van der Waals surface area contributed by atoms with E-state index < -0.39 is 0 Å². The first-order chi connectivity index (χ1) is 9.58. The fraction of sp³-hybridized carbons (Fsp3) is 0.333. The van der Waals surface area contributed by atoms with Gasteiger partial charge in [-0.2, -0.15) is 5.10 Å². The normalized spacial score (nSPS) is 11.8. The lowest BCUT2D eigenvalue weighted by molar-refractivity contribution is -0.116. The van der Waals surface area contributed by atoms with Crippen LogP contribution in [0.4, 0.5) is 5.82 Å². The second-order valence-electron chi connectivity index (χ2n) is 5.02. The molecule has 3 N–H and O–H groups in total. The number of nitrogens with one attached hydrogen (secondary N) is 1. The number of rotatable bonds is 5. The average Bonchev–Trinajstić information content (AvgIpc) is 2.87. The van der Waals surface area contributed by atoms with Gasteiger partial charge in [-0.25, -0.2) is 4.68 Å². The highest BCUT2D eigenvalue weighted by Gasteiger charge is 2.14. The van der Waals surface area contributed by atoms with Crippen LogP contribution in [0.5, 0.6) is 0 Å². The largest absolute Gasteiger partial charge is 0.324 e. The van der Waals surface area contributed by atoms with Crippen LogP contribution in [0.1, 0.15) is 37.9 Å². The van der Waals surface area contributed by atoms with Crippen molar-refractivity contribution in [3.8, 4) is 0 Å². The van der Waals surface area contributed by atoms with Crippen LogP contribution in [-0.2, 0) is 4.79 Å². The van der Waals surface area contributed by atoms with E-state index in [-0.39, 0.29) is 36.8 Å². The van der Waals surface area contributed by atoms with Crippen molar-refractivity contribution in [1.82, 2.24) is 9.78 Å². The Bertz CT molecular complexity index is 568. The number of amides is 1. The first-order valence-corrected chi connectivity index (χ1v) is 6.72. The van der Waals surface area contributed by atoms with Crippen LogP contribution in [-0.4, -0.2) is 15.7 Å². The summed E-state index contributed by atoms with van der Waals surface area (Å²) in [5.74, 6) is 0.592. The maximum Gasteiger partial charge on any atom is 0.227 e. The first kappa shape index (κ1) is 17.2. The summed E-state index contributed by atoms with van der Waals surface area (Å²) in [6, 6.07) is 11.3. The summed E-state index contributed by atoms with van der Waals surface area (Å²) < 4.78 is 1.77. The van der Waals surface area contributed by atoms with Gasteiger partial charge in [0.05, 0.1) is 6.20 Å². The number of nitrogens with two attached hydrogens (primary N) is 1. The zero-order valence-electron chi connectivity index (χ0n) is 12.2. The van der Waals surface area contributed by atoms with Crippen molar-refractivity contribution in [3.63, 3.8) is 0 Å². The second kappa shape index (κ2) is 7.81. The van der Waals surface area contributed by atoms with Crippen molar-refractivity contribution in [1.29, 1.82) is 0 Å². The number of anilines is 1. The van der Waals surface area contributed by atoms with Gasteiger partial charge in [0.25, 0.3) is 0 Å². The lowest BCUT2D eigenvalue weighted by Crippen LogP contribution is -2.22. The Balaban J connectivity index is 0.00000220. The molecule has 0 aliphatic rings. The van der Waals surface area contributed by atoms with Crippen LogP contribution in [0.25, 0.3) is 0 Å². The zero-order chi connectivity index (χ0) is 14.5. The molecule has 0 spiro atoms. The lowest BCUT2D eigenvalue weighted by atomic mass is 10.0. The van der Waals surface area contributed by atoms with E-state index in [9.17, 15) is 4.79 Å². The van der Waals surface area contributed by atoms with Crippen molar-refractivity contribution in [2.75, 3.05) is 5.32 Å². The van der Waals surface area contributed by atoms with E-state index in [1.807, 2.05) is 44.2 Å². The first-order valence-electron chi connectivity index (χ1n) is 6.72. The van der Waals surface area contributed by atoms with Crippen molar-refractivity contribution < 1.29 is 4.79 Å². The molecule has 0 aliphatic heterocycles. The Kier molecular flexibility index (Phi) is 6.39. The number of hydrogen-bond donors (Lipinski definition) is 2. The number of aromatic nitrogens is 2. The van der Waals surface area contributed by atoms with Crippen LogP contribution in [0, 0.1) is 0 Å². The molecule has 1 aromatic carbocycles. The predicted octanol–water partition coefficient (Wildman–Crippen LogP) is 2.91. The number of benzene rings is 1. The van der Waals surface area contributed by atoms with Crippen molar-refractivity contribution in [2.24, 2.45) is 5.73 Å². The van der Waals surface area contributed by atoms with Gasteiger partial charge in [0.15, 0.2) is 0 Å². The van der Waals surface area contributed by atoms with Crippen LogP contribution in [0.3, 0.4) is 0 Å². The number of nitrogens with zero attached hydrogens (tertiary/aromatic N) is 2. The molecule has 2 aromatic rings. The molecule has 6 heteroatoms. The Morgan fingerprint density at radius 3 is 2.57 bits per heavy atom. The Hall–Kier alpha value is -1.85. The maximum absolute atomic E-state index is 12.0. The highest BCUT2D eigenvalue weighted by atomic mass is 35.5. The summed E-state index contributed by atoms with van der Waals surface area (Å²) in [5, 5.41) is 7.03. The van der Waals surface area contributed by atoms with E-state index in [0.717, 1.165) is 5.56 Å². The van der Waals surface area contributed by atoms with Crippen LogP contribution >= 0.6 is 12.4 Å². The third kappa shape index (κ3) is 4.58. The molecule has 21 heavy (non-hydrogen) atoms. The van der Waals surface area contributed by atoms with Gasteiger partial charge in [-0.1, -0.05) is 30.3 Å². The van der Waals surface area contributed by atoms with Gasteiger partial charge in [0.1, 0.15) is 5.82 Å². The van der Waals surface area contributed by atoms with Gasteiger partial charge < -0.3 is 11.1 Å². The second-order valence-corrected chi connectivity index (χ2v) is 5.02. The third-order valence-electron chi connectivity index (χ3n) is 3.06. The smallest absolute Gasteiger partial charge is 0.227 e. The fourth-order valence-corrected chi connectivity index (χ4v) is 2.04. The molecule has 0 saturated carbocycles. The summed E-state index contributed by atoms with van der Waals surface area (Å²) >= 11 is 0. The van der Waals surface area contributed by atoms with E-state index >= 15 is 0 Å². The topological polar surface area (TPSA) is 72.9 Å². The van der Waals surface area contributed by atoms with Crippen LogP contribution in [0.15, 0.2) is 42.6 Å². The summed E-state index contributed by atoms with van der Waals surface area (Å²) in [5.41, 5.74) is 7.00. The number of halogens is 1. The van der Waals surface area contributed by atoms with Gasteiger partial charge in [-0.15, -0.1) is 12.4 Å². The molecule has 0 saturated heterocycles. The van der Waals surface area contributed by atoms with E-state index in [1.54, 1.807) is 16.9 Å². The van der Waals surface area contributed by atoms with Crippen molar-refractivity contribution >= 4 is 24.1 Å². The molecule has 5 nitrogen and oxygen atoms in total. The molecule has 0 fully saturated rings. The van der Waals surface area contributed by atoms with Crippen LogP contribution in [0.2, 0.25) is 0 Å². The SMILES string of the molecule is CC(C)n1nccc1NC(=O)CC(N)c1ccccc1.Cl. The fourth-order valence-electron chi connectivity index (χ4n) is 2.04. The molecule has 0 bridgehead atoms. The zero-order valence-corrected chi connectivity index (χ0v) is 13.0. The van der Waals surface area contributed by atoms with Crippen molar-refractivity contribution in [3.05, 3.63) is 48.2 Å². The molecule has 1 unspecified atom stereocenters. The Labute approximate surface area is 130 Å². The highest BCUT2D eigenvalue weighted by Crippen LogP contribution is 2.16.